The average Bonchev–Trinajstić information content (AvgIpc) is 2.92. The molecule has 0 radical (unpaired) electrons. The van der Waals surface area contributed by atoms with Gasteiger partial charge in [-0.1, -0.05) is 28.1 Å². The molecule has 20 heavy (non-hydrogen) atoms. The highest BCUT2D eigenvalue weighted by molar-refractivity contribution is 9.10. The molecule has 0 N–H and O–H groups in total. The first kappa shape index (κ1) is 15.0. The molecular formula is C16H18BrNO2. The molecule has 1 aromatic heterocycles. The number of hydrogen-bond acceptors (Lipinski definition) is 3. The zero-order valence-electron chi connectivity index (χ0n) is 11.5. The summed E-state index contributed by atoms with van der Waals surface area (Å²) < 4.78 is 6.29. The lowest BCUT2D eigenvalue weighted by Gasteiger charge is -2.14. The quantitative estimate of drug-likeness (QED) is 0.713. The lowest BCUT2D eigenvalue weighted by atomic mass is 10.1. The molecule has 0 atom stereocenters. The van der Waals surface area contributed by atoms with Crippen molar-refractivity contribution in [1.29, 1.82) is 0 Å². The predicted molar refractivity (Wildman–Crippen MR) is 82.7 cm³/mol. The van der Waals surface area contributed by atoms with Gasteiger partial charge in [0.05, 0.1) is 12.8 Å². The molecule has 106 valence electrons. The van der Waals surface area contributed by atoms with Crippen LogP contribution in [0.4, 0.5) is 0 Å². The van der Waals surface area contributed by atoms with Crippen LogP contribution in [0.2, 0.25) is 0 Å². The first-order chi connectivity index (χ1) is 9.65. The minimum absolute atomic E-state index is 0.198. The van der Waals surface area contributed by atoms with Crippen molar-refractivity contribution in [1.82, 2.24) is 4.90 Å². The Kier molecular flexibility index (Phi) is 5.56. The molecule has 3 nitrogen and oxygen atoms in total. The van der Waals surface area contributed by atoms with Crippen LogP contribution >= 0.6 is 15.9 Å². The van der Waals surface area contributed by atoms with Crippen LogP contribution in [0, 0.1) is 0 Å². The standard InChI is InChI=1S/C16H18BrNO2/c1-18(12-15-4-3-11-20-15)10-2-5-16(19)13-6-8-14(17)9-7-13/h3-4,6-9,11H,2,5,10,12H2,1H3. The van der Waals surface area contributed by atoms with Gasteiger partial charge in [-0.3, -0.25) is 9.69 Å². The number of rotatable bonds is 7. The van der Waals surface area contributed by atoms with Crippen molar-refractivity contribution in [2.75, 3.05) is 13.6 Å². The summed E-state index contributed by atoms with van der Waals surface area (Å²) in [5.41, 5.74) is 0.780. The largest absolute Gasteiger partial charge is 0.468 e. The SMILES string of the molecule is CN(CCCC(=O)c1ccc(Br)cc1)Cc1ccco1. The third-order valence-electron chi connectivity index (χ3n) is 3.12. The van der Waals surface area contributed by atoms with E-state index in [0.29, 0.717) is 6.42 Å². The summed E-state index contributed by atoms with van der Waals surface area (Å²) in [6.45, 7) is 1.66. The van der Waals surface area contributed by atoms with Crippen LogP contribution in [0.1, 0.15) is 29.0 Å². The Hall–Kier alpha value is -1.39. The van der Waals surface area contributed by atoms with E-state index in [4.69, 9.17) is 4.42 Å². The van der Waals surface area contributed by atoms with E-state index in [1.165, 1.54) is 0 Å². The van der Waals surface area contributed by atoms with Gasteiger partial charge >= 0.3 is 0 Å². The van der Waals surface area contributed by atoms with Gasteiger partial charge in [0.25, 0.3) is 0 Å². The van der Waals surface area contributed by atoms with Crippen LogP contribution < -0.4 is 0 Å². The number of hydrogen-bond donors (Lipinski definition) is 0. The van der Waals surface area contributed by atoms with Gasteiger partial charge in [0.15, 0.2) is 5.78 Å². The molecule has 2 aromatic rings. The van der Waals surface area contributed by atoms with Gasteiger partial charge < -0.3 is 4.42 Å². The van der Waals surface area contributed by atoms with Gasteiger partial charge in [0.1, 0.15) is 5.76 Å². The van der Waals surface area contributed by atoms with Crippen LogP contribution in [-0.4, -0.2) is 24.3 Å². The molecule has 0 amide bonds. The van der Waals surface area contributed by atoms with E-state index < -0.39 is 0 Å². The molecule has 4 heteroatoms. The Morgan fingerprint density at radius 2 is 2.00 bits per heavy atom. The zero-order chi connectivity index (χ0) is 14.4. The second-order valence-electron chi connectivity index (χ2n) is 4.85. The number of furan rings is 1. The van der Waals surface area contributed by atoms with Crippen LogP contribution in [0.3, 0.4) is 0 Å². The molecule has 0 saturated heterocycles. The smallest absolute Gasteiger partial charge is 0.162 e. The lowest BCUT2D eigenvalue weighted by Crippen LogP contribution is -2.19. The van der Waals surface area contributed by atoms with Crippen molar-refractivity contribution in [2.24, 2.45) is 0 Å². The van der Waals surface area contributed by atoms with Crippen molar-refractivity contribution >= 4 is 21.7 Å². The average molecular weight is 336 g/mol. The maximum atomic E-state index is 12.0. The van der Waals surface area contributed by atoms with Gasteiger partial charge in [-0.25, -0.2) is 0 Å². The summed E-state index contributed by atoms with van der Waals surface area (Å²) in [6, 6.07) is 11.4. The van der Waals surface area contributed by atoms with Gasteiger partial charge in [0.2, 0.25) is 0 Å². The molecule has 0 bridgehead atoms. The first-order valence-electron chi connectivity index (χ1n) is 6.65. The molecule has 0 aliphatic heterocycles. The van der Waals surface area contributed by atoms with Crippen molar-refractivity contribution in [2.45, 2.75) is 19.4 Å². The Bertz CT molecular complexity index is 534. The molecule has 1 heterocycles. The molecular weight excluding hydrogens is 318 g/mol. The number of Topliss-reactive ketones (excluding diaryl/α,β-unsaturated/α-hetero) is 1. The normalized spacial score (nSPS) is 10.9. The summed E-state index contributed by atoms with van der Waals surface area (Å²) in [4.78, 5) is 14.2. The van der Waals surface area contributed by atoms with E-state index in [0.717, 1.165) is 35.3 Å². The highest BCUT2D eigenvalue weighted by Crippen LogP contribution is 2.13. The molecule has 0 aliphatic rings. The van der Waals surface area contributed by atoms with E-state index in [1.807, 2.05) is 43.4 Å². The second kappa shape index (κ2) is 7.41. The number of halogens is 1. The summed E-state index contributed by atoms with van der Waals surface area (Å²) in [6.07, 6.45) is 3.11. The monoisotopic (exact) mass is 335 g/mol. The topological polar surface area (TPSA) is 33.5 Å². The Morgan fingerprint density at radius 1 is 1.25 bits per heavy atom. The second-order valence-corrected chi connectivity index (χ2v) is 5.77. The molecule has 1 aromatic carbocycles. The van der Waals surface area contributed by atoms with Gasteiger partial charge in [-0.15, -0.1) is 0 Å². The fourth-order valence-corrected chi connectivity index (χ4v) is 2.30. The molecule has 2 rings (SSSR count). The van der Waals surface area contributed by atoms with Crippen LogP contribution in [0.5, 0.6) is 0 Å². The Morgan fingerprint density at radius 3 is 2.65 bits per heavy atom. The lowest BCUT2D eigenvalue weighted by molar-refractivity contribution is 0.0975. The molecule has 0 unspecified atom stereocenters. The number of carbonyl (C=O) groups excluding carboxylic acids is 1. The van der Waals surface area contributed by atoms with E-state index >= 15 is 0 Å². The number of carbonyl (C=O) groups is 1. The van der Waals surface area contributed by atoms with E-state index in [9.17, 15) is 4.79 Å². The van der Waals surface area contributed by atoms with Crippen LogP contribution in [-0.2, 0) is 6.54 Å². The summed E-state index contributed by atoms with van der Waals surface area (Å²) in [5.74, 6) is 1.15. The summed E-state index contributed by atoms with van der Waals surface area (Å²) in [5, 5.41) is 0. The minimum atomic E-state index is 0.198. The van der Waals surface area contributed by atoms with Crippen molar-refractivity contribution in [3.05, 3.63) is 58.5 Å². The minimum Gasteiger partial charge on any atom is -0.468 e. The van der Waals surface area contributed by atoms with E-state index in [1.54, 1.807) is 6.26 Å². The maximum Gasteiger partial charge on any atom is 0.162 e. The fourth-order valence-electron chi connectivity index (χ4n) is 2.04. The van der Waals surface area contributed by atoms with E-state index in [2.05, 4.69) is 20.8 Å². The van der Waals surface area contributed by atoms with Crippen LogP contribution in [0.15, 0.2) is 51.6 Å². The van der Waals surface area contributed by atoms with E-state index in [-0.39, 0.29) is 5.78 Å². The van der Waals surface area contributed by atoms with Crippen molar-refractivity contribution < 1.29 is 9.21 Å². The molecule has 0 fully saturated rings. The Balaban J connectivity index is 1.72. The third kappa shape index (κ3) is 4.62. The third-order valence-corrected chi connectivity index (χ3v) is 3.64. The molecule has 0 spiro atoms. The number of ketones is 1. The van der Waals surface area contributed by atoms with Gasteiger partial charge in [-0.05, 0) is 44.3 Å². The Labute approximate surface area is 127 Å². The molecule has 0 saturated carbocycles. The highest BCUT2D eigenvalue weighted by Gasteiger charge is 2.07. The number of benzene rings is 1. The zero-order valence-corrected chi connectivity index (χ0v) is 13.1. The summed E-state index contributed by atoms with van der Waals surface area (Å²) in [7, 11) is 2.03. The fraction of sp³-hybridized carbons (Fsp3) is 0.312. The van der Waals surface area contributed by atoms with Gasteiger partial charge in [0, 0.05) is 16.5 Å². The predicted octanol–water partition coefficient (Wildman–Crippen LogP) is 4.14. The van der Waals surface area contributed by atoms with Gasteiger partial charge in [-0.2, -0.15) is 0 Å². The van der Waals surface area contributed by atoms with Crippen molar-refractivity contribution in [3.63, 3.8) is 0 Å². The van der Waals surface area contributed by atoms with Crippen LogP contribution in [0.25, 0.3) is 0 Å². The highest BCUT2D eigenvalue weighted by atomic mass is 79.9. The first-order valence-corrected chi connectivity index (χ1v) is 7.44. The molecule has 0 aliphatic carbocycles. The van der Waals surface area contributed by atoms with Crippen molar-refractivity contribution in [3.8, 4) is 0 Å². The number of nitrogens with zero attached hydrogens (tertiary/aromatic N) is 1. The maximum absolute atomic E-state index is 12.0. The summed E-state index contributed by atoms with van der Waals surface area (Å²) >= 11 is 3.37.